The van der Waals surface area contributed by atoms with Crippen molar-refractivity contribution in [3.63, 3.8) is 0 Å². The molecule has 0 bridgehead atoms. The van der Waals surface area contributed by atoms with E-state index in [2.05, 4.69) is 0 Å². The van der Waals surface area contributed by atoms with Gasteiger partial charge >= 0.3 is 5.97 Å². The van der Waals surface area contributed by atoms with Gasteiger partial charge in [-0.2, -0.15) is 0 Å². The smallest absolute Gasteiger partial charge is 0.379 e. The van der Waals surface area contributed by atoms with Gasteiger partial charge in [0.2, 0.25) is 0 Å². The van der Waals surface area contributed by atoms with Crippen LogP contribution in [0, 0.1) is 0 Å². The number of hydrogen-bond donors (Lipinski definition) is 0. The molecule has 0 fully saturated rings. The third-order valence-corrected chi connectivity index (χ3v) is 3.24. The van der Waals surface area contributed by atoms with E-state index in [1.54, 1.807) is 43.3 Å². The lowest BCUT2D eigenvalue weighted by Gasteiger charge is -2.07. The van der Waals surface area contributed by atoms with E-state index in [9.17, 15) is 14.4 Å². The molecule has 0 amide bonds. The number of carbonyl (C=O) groups excluding carboxylic acids is 3. The Labute approximate surface area is 132 Å². The number of carbonyl (C=O) groups is 3. The summed E-state index contributed by atoms with van der Waals surface area (Å²) in [5.74, 6) is -2.16. The Morgan fingerprint density at radius 2 is 1.55 bits per heavy atom. The lowest BCUT2D eigenvalue weighted by Crippen LogP contribution is -2.20. The summed E-state index contributed by atoms with van der Waals surface area (Å²) >= 11 is 5.79. The van der Waals surface area contributed by atoms with Crippen LogP contribution in [0.15, 0.2) is 48.5 Å². The number of Topliss-reactive ketones (excluding diaryl/α,β-unsaturated/α-hetero) is 1. The fourth-order valence-electron chi connectivity index (χ4n) is 1.94. The molecule has 0 N–H and O–H groups in total. The van der Waals surface area contributed by atoms with E-state index in [1.807, 2.05) is 0 Å². The van der Waals surface area contributed by atoms with Crippen LogP contribution in [0.1, 0.15) is 33.2 Å². The number of ether oxygens (including phenoxy) is 1. The molecule has 112 valence electrons. The van der Waals surface area contributed by atoms with Crippen LogP contribution in [0.4, 0.5) is 0 Å². The van der Waals surface area contributed by atoms with Gasteiger partial charge in [-0.1, -0.05) is 35.9 Å². The fourth-order valence-corrected chi connectivity index (χ4v) is 2.07. The summed E-state index contributed by atoms with van der Waals surface area (Å²) in [6, 6.07) is 12.5. The van der Waals surface area contributed by atoms with Crippen molar-refractivity contribution >= 4 is 29.1 Å². The molecule has 0 saturated carbocycles. The summed E-state index contributed by atoms with van der Waals surface area (Å²) in [6.45, 7) is 1.70. The molecule has 22 heavy (non-hydrogen) atoms. The first-order valence-corrected chi connectivity index (χ1v) is 7.03. The molecule has 2 aromatic rings. The van der Waals surface area contributed by atoms with Crippen molar-refractivity contribution in [3.05, 3.63) is 70.2 Å². The molecule has 0 spiro atoms. The number of hydrogen-bond acceptors (Lipinski definition) is 4. The van der Waals surface area contributed by atoms with Crippen molar-refractivity contribution in [3.8, 4) is 0 Å². The van der Waals surface area contributed by atoms with Crippen molar-refractivity contribution in [2.75, 3.05) is 6.61 Å². The molecule has 5 heteroatoms. The Bertz CT molecular complexity index is 720. The topological polar surface area (TPSA) is 60.4 Å². The van der Waals surface area contributed by atoms with E-state index in [0.29, 0.717) is 10.6 Å². The van der Waals surface area contributed by atoms with E-state index in [-0.39, 0.29) is 23.5 Å². The molecule has 2 rings (SSSR count). The Morgan fingerprint density at radius 1 is 0.955 bits per heavy atom. The SMILES string of the molecule is CCOC(=O)C(=O)c1ccccc1C(=O)c1ccc(Cl)cc1. The second-order valence-corrected chi connectivity index (χ2v) is 4.87. The van der Waals surface area contributed by atoms with Crippen LogP contribution in [0.5, 0.6) is 0 Å². The second kappa shape index (κ2) is 7.00. The zero-order chi connectivity index (χ0) is 16.1. The minimum atomic E-state index is -0.973. The Balaban J connectivity index is 2.40. The van der Waals surface area contributed by atoms with Crippen LogP contribution < -0.4 is 0 Å². The summed E-state index contributed by atoms with van der Waals surface area (Å²) < 4.78 is 4.70. The van der Waals surface area contributed by atoms with E-state index in [1.165, 1.54) is 12.1 Å². The van der Waals surface area contributed by atoms with Gasteiger partial charge in [-0.15, -0.1) is 0 Å². The average Bonchev–Trinajstić information content (AvgIpc) is 2.54. The molecule has 0 atom stereocenters. The van der Waals surface area contributed by atoms with Crippen LogP contribution in [-0.4, -0.2) is 24.1 Å². The molecule has 0 aliphatic rings. The highest BCUT2D eigenvalue weighted by Gasteiger charge is 2.23. The summed E-state index contributed by atoms with van der Waals surface area (Å²) in [4.78, 5) is 36.2. The number of halogens is 1. The van der Waals surface area contributed by atoms with Gasteiger partial charge in [0.1, 0.15) is 0 Å². The lowest BCUT2D eigenvalue weighted by atomic mass is 9.96. The van der Waals surface area contributed by atoms with Gasteiger partial charge in [-0.05, 0) is 31.2 Å². The Kier molecular flexibility index (Phi) is 5.07. The van der Waals surface area contributed by atoms with Gasteiger partial charge in [0.05, 0.1) is 6.61 Å². The maximum atomic E-state index is 12.5. The molecule has 2 aromatic carbocycles. The van der Waals surface area contributed by atoms with Gasteiger partial charge in [0.15, 0.2) is 5.78 Å². The van der Waals surface area contributed by atoms with Crippen molar-refractivity contribution in [1.82, 2.24) is 0 Å². The minimum absolute atomic E-state index is 0.0286. The first-order valence-electron chi connectivity index (χ1n) is 6.65. The quantitative estimate of drug-likeness (QED) is 0.482. The summed E-state index contributed by atoms with van der Waals surface area (Å²) in [7, 11) is 0. The average molecular weight is 317 g/mol. The molecule has 0 radical (unpaired) electrons. The van der Waals surface area contributed by atoms with Crippen molar-refractivity contribution < 1.29 is 19.1 Å². The van der Waals surface area contributed by atoms with E-state index in [0.717, 1.165) is 0 Å². The fraction of sp³-hybridized carbons (Fsp3) is 0.118. The van der Waals surface area contributed by atoms with Crippen LogP contribution in [0.25, 0.3) is 0 Å². The van der Waals surface area contributed by atoms with Gasteiger partial charge in [-0.3, -0.25) is 9.59 Å². The largest absolute Gasteiger partial charge is 0.460 e. The maximum absolute atomic E-state index is 12.5. The molecule has 0 unspecified atom stereocenters. The zero-order valence-corrected chi connectivity index (χ0v) is 12.6. The third-order valence-electron chi connectivity index (χ3n) is 2.98. The van der Waals surface area contributed by atoms with E-state index < -0.39 is 11.8 Å². The number of esters is 1. The Hall–Kier alpha value is -2.46. The van der Waals surface area contributed by atoms with Gasteiger partial charge in [0, 0.05) is 21.7 Å². The van der Waals surface area contributed by atoms with E-state index in [4.69, 9.17) is 16.3 Å². The van der Waals surface area contributed by atoms with Gasteiger partial charge < -0.3 is 4.74 Å². The zero-order valence-electron chi connectivity index (χ0n) is 11.8. The van der Waals surface area contributed by atoms with Crippen LogP contribution in [0.3, 0.4) is 0 Å². The van der Waals surface area contributed by atoms with Gasteiger partial charge in [0.25, 0.3) is 5.78 Å². The van der Waals surface area contributed by atoms with Crippen molar-refractivity contribution in [1.29, 1.82) is 0 Å². The second-order valence-electron chi connectivity index (χ2n) is 4.43. The van der Waals surface area contributed by atoms with Gasteiger partial charge in [-0.25, -0.2) is 4.79 Å². The third kappa shape index (κ3) is 3.40. The standard InChI is InChI=1S/C17H13ClO4/c1-2-22-17(21)16(20)14-6-4-3-5-13(14)15(19)11-7-9-12(18)10-8-11/h3-10H,2H2,1H3. The Morgan fingerprint density at radius 3 is 2.14 bits per heavy atom. The maximum Gasteiger partial charge on any atom is 0.379 e. The molecule has 0 heterocycles. The summed E-state index contributed by atoms with van der Waals surface area (Å²) in [5.41, 5.74) is 0.567. The van der Waals surface area contributed by atoms with Crippen LogP contribution in [-0.2, 0) is 9.53 Å². The molecule has 4 nitrogen and oxygen atoms in total. The predicted molar refractivity (Wildman–Crippen MR) is 82.3 cm³/mol. The molecule has 0 aliphatic carbocycles. The first kappa shape index (κ1) is 15.9. The predicted octanol–water partition coefficient (Wildman–Crippen LogP) is 3.32. The number of benzene rings is 2. The minimum Gasteiger partial charge on any atom is -0.460 e. The van der Waals surface area contributed by atoms with E-state index >= 15 is 0 Å². The summed E-state index contributed by atoms with van der Waals surface area (Å²) in [5, 5.41) is 0.507. The molecule has 0 aliphatic heterocycles. The van der Waals surface area contributed by atoms with Crippen LogP contribution in [0.2, 0.25) is 5.02 Å². The number of ketones is 2. The van der Waals surface area contributed by atoms with Crippen molar-refractivity contribution in [2.24, 2.45) is 0 Å². The highest BCUT2D eigenvalue weighted by atomic mass is 35.5. The molecular formula is C17H13ClO4. The molecule has 0 aromatic heterocycles. The molecule has 0 saturated heterocycles. The summed E-state index contributed by atoms with van der Waals surface area (Å²) in [6.07, 6.45) is 0. The first-order chi connectivity index (χ1) is 10.5. The van der Waals surface area contributed by atoms with Crippen molar-refractivity contribution in [2.45, 2.75) is 6.92 Å². The van der Waals surface area contributed by atoms with Crippen LogP contribution >= 0.6 is 11.6 Å². The highest BCUT2D eigenvalue weighted by molar-refractivity contribution is 6.42. The normalized spacial score (nSPS) is 10.1. The lowest BCUT2D eigenvalue weighted by molar-refractivity contribution is -0.137. The highest BCUT2D eigenvalue weighted by Crippen LogP contribution is 2.17. The monoisotopic (exact) mass is 316 g/mol. The number of rotatable bonds is 5. The molecular weight excluding hydrogens is 304 g/mol.